The molecular weight excluding hydrogens is 554 g/mol. The molecule has 0 saturated heterocycles. The molecule has 0 fully saturated rings. The minimum absolute atomic E-state index is 0.0460. The number of thiazole rings is 1. The van der Waals surface area contributed by atoms with E-state index < -0.39 is 0 Å². The number of imidazole rings is 1. The fraction of sp³-hybridized carbons (Fsp3) is 0. The molecule has 0 radical (unpaired) electrons. The maximum absolute atomic E-state index is 13.6. The summed E-state index contributed by atoms with van der Waals surface area (Å²) in [6.45, 7) is 0. The third-order valence-corrected chi connectivity index (χ3v) is 8.16. The van der Waals surface area contributed by atoms with Crippen LogP contribution in [-0.4, -0.2) is 14.0 Å². The fourth-order valence-electron chi connectivity index (χ4n) is 4.96. The van der Waals surface area contributed by atoms with Gasteiger partial charge in [0, 0.05) is 15.7 Å². The normalized spacial score (nSPS) is 12.1. The van der Waals surface area contributed by atoms with Gasteiger partial charge in [-0.05, 0) is 59.7 Å². The average molecular weight is 575 g/mol. The van der Waals surface area contributed by atoms with Gasteiger partial charge in [-0.15, -0.1) is 0 Å². The van der Waals surface area contributed by atoms with Crippen molar-refractivity contribution in [3.63, 3.8) is 0 Å². The molecule has 4 nitrogen and oxygen atoms in total. The minimum atomic E-state index is -0.0460. The second-order valence-electron chi connectivity index (χ2n) is 9.01. The Hall–Kier alpha value is -4.26. The lowest BCUT2D eigenvalue weighted by Crippen LogP contribution is -2.22. The molecule has 0 atom stereocenters. The van der Waals surface area contributed by atoms with Gasteiger partial charge in [0.25, 0.3) is 5.56 Å². The number of fused-ring (bicyclic) bond motifs is 3. The highest BCUT2D eigenvalue weighted by molar-refractivity contribution is 9.10. The lowest BCUT2D eigenvalue weighted by Gasteiger charge is -2.15. The first-order valence-electron chi connectivity index (χ1n) is 12.2. The van der Waals surface area contributed by atoms with E-state index in [1.54, 1.807) is 4.40 Å². The van der Waals surface area contributed by atoms with Crippen LogP contribution in [-0.2, 0) is 0 Å². The molecule has 0 amide bonds. The largest absolute Gasteiger partial charge is 0.309 e. The summed E-state index contributed by atoms with van der Waals surface area (Å²) in [5.74, 6) is 0. The number of benzene rings is 4. The summed E-state index contributed by atoms with van der Waals surface area (Å²) in [7, 11) is 0. The summed E-state index contributed by atoms with van der Waals surface area (Å²) in [6, 6.07) is 39.0. The standard InChI is InChI=1S/C32H20BrN3OS/c33-24-15-17-25(18-16-24)35-28(21-9-3-1-4-10-21)19-23(30(35)22-11-5-2-6-12-22)20-29-31(37)36-27-14-8-7-13-26(27)34-32(36)38-29/h1-20H/b29-20+. The Kier molecular flexibility index (Phi) is 5.57. The number of nitrogens with zero attached hydrogens (tertiary/aromatic N) is 3. The Bertz CT molecular complexity index is 2040. The van der Waals surface area contributed by atoms with Crippen LogP contribution in [0.3, 0.4) is 0 Å². The van der Waals surface area contributed by atoms with Crippen molar-refractivity contribution in [1.82, 2.24) is 14.0 Å². The molecule has 4 aromatic carbocycles. The van der Waals surface area contributed by atoms with Crippen molar-refractivity contribution in [1.29, 1.82) is 0 Å². The van der Waals surface area contributed by atoms with E-state index in [4.69, 9.17) is 4.98 Å². The third kappa shape index (κ3) is 3.81. The van der Waals surface area contributed by atoms with Gasteiger partial charge in [-0.3, -0.25) is 4.79 Å². The number of hydrogen-bond donors (Lipinski definition) is 0. The summed E-state index contributed by atoms with van der Waals surface area (Å²) >= 11 is 5.00. The molecule has 3 aromatic heterocycles. The van der Waals surface area contributed by atoms with Crippen molar-refractivity contribution in [2.75, 3.05) is 0 Å². The zero-order valence-corrected chi connectivity index (χ0v) is 22.5. The van der Waals surface area contributed by atoms with Crippen LogP contribution in [0.1, 0.15) is 5.56 Å². The third-order valence-electron chi connectivity index (χ3n) is 6.66. The number of halogens is 1. The molecule has 6 heteroatoms. The first kappa shape index (κ1) is 22.9. The highest BCUT2D eigenvalue weighted by Crippen LogP contribution is 2.36. The van der Waals surface area contributed by atoms with Gasteiger partial charge in [-0.2, -0.15) is 0 Å². The van der Waals surface area contributed by atoms with Crippen molar-refractivity contribution in [2.24, 2.45) is 0 Å². The van der Waals surface area contributed by atoms with Crippen LogP contribution >= 0.6 is 27.3 Å². The van der Waals surface area contributed by atoms with Gasteiger partial charge in [-0.1, -0.05) is 100 Å². The summed E-state index contributed by atoms with van der Waals surface area (Å²) in [5, 5.41) is 0. The van der Waals surface area contributed by atoms with Crippen LogP contribution < -0.4 is 10.1 Å². The Morgan fingerprint density at radius 1 is 0.763 bits per heavy atom. The van der Waals surface area contributed by atoms with Gasteiger partial charge in [0.2, 0.25) is 0 Å². The van der Waals surface area contributed by atoms with Crippen molar-refractivity contribution in [3.05, 3.63) is 140 Å². The lowest BCUT2D eigenvalue weighted by atomic mass is 10.1. The molecule has 0 aliphatic rings. The van der Waals surface area contributed by atoms with Gasteiger partial charge in [0.1, 0.15) is 0 Å². The molecular formula is C32H20BrN3OS. The lowest BCUT2D eigenvalue weighted by molar-refractivity contribution is 1.09. The van der Waals surface area contributed by atoms with E-state index in [-0.39, 0.29) is 5.56 Å². The Morgan fingerprint density at radius 3 is 2.16 bits per heavy atom. The number of rotatable bonds is 4. The quantitative estimate of drug-likeness (QED) is 0.221. The van der Waals surface area contributed by atoms with Gasteiger partial charge < -0.3 is 4.57 Å². The highest BCUT2D eigenvalue weighted by atomic mass is 79.9. The Labute approximate surface area is 230 Å². The SMILES string of the molecule is O=c1/c(=C\c2cc(-c3ccccc3)n(-c3ccc(Br)cc3)c2-c2ccccc2)sc2nc3ccccc3n12. The van der Waals surface area contributed by atoms with E-state index >= 15 is 0 Å². The van der Waals surface area contributed by atoms with Crippen LogP contribution in [0.4, 0.5) is 0 Å². The molecule has 38 heavy (non-hydrogen) atoms. The van der Waals surface area contributed by atoms with Gasteiger partial charge in [0.15, 0.2) is 4.96 Å². The van der Waals surface area contributed by atoms with Crippen LogP contribution in [0, 0.1) is 0 Å². The zero-order valence-electron chi connectivity index (χ0n) is 20.1. The van der Waals surface area contributed by atoms with E-state index in [0.717, 1.165) is 49.3 Å². The van der Waals surface area contributed by atoms with E-state index in [0.29, 0.717) is 9.49 Å². The van der Waals surface area contributed by atoms with Crippen molar-refractivity contribution in [2.45, 2.75) is 0 Å². The molecule has 0 saturated carbocycles. The van der Waals surface area contributed by atoms with Crippen LogP contribution in [0.25, 0.3) is 50.3 Å². The summed E-state index contributed by atoms with van der Waals surface area (Å²) in [5.41, 5.74) is 7.90. The molecule has 0 aliphatic carbocycles. The minimum Gasteiger partial charge on any atom is -0.309 e. The summed E-state index contributed by atoms with van der Waals surface area (Å²) in [6.07, 6.45) is 2.01. The molecule has 0 spiro atoms. The first-order chi connectivity index (χ1) is 18.7. The van der Waals surface area contributed by atoms with E-state index in [2.05, 4.69) is 87.2 Å². The number of hydrogen-bond acceptors (Lipinski definition) is 3. The summed E-state index contributed by atoms with van der Waals surface area (Å²) in [4.78, 5) is 19.0. The molecule has 0 bridgehead atoms. The highest BCUT2D eigenvalue weighted by Gasteiger charge is 2.19. The maximum atomic E-state index is 13.6. The summed E-state index contributed by atoms with van der Waals surface area (Å²) < 4.78 is 5.68. The first-order valence-corrected chi connectivity index (χ1v) is 13.8. The average Bonchev–Trinajstić information content (AvgIpc) is 3.61. The zero-order chi connectivity index (χ0) is 25.6. The van der Waals surface area contributed by atoms with E-state index in [9.17, 15) is 4.79 Å². The molecule has 0 unspecified atom stereocenters. The van der Waals surface area contributed by atoms with Crippen LogP contribution in [0.2, 0.25) is 0 Å². The Morgan fingerprint density at radius 2 is 1.42 bits per heavy atom. The number of aromatic nitrogens is 3. The van der Waals surface area contributed by atoms with Crippen molar-refractivity contribution >= 4 is 49.3 Å². The van der Waals surface area contributed by atoms with E-state index in [1.807, 2.05) is 54.6 Å². The topological polar surface area (TPSA) is 39.3 Å². The molecule has 7 rings (SSSR count). The van der Waals surface area contributed by atoms with Crippen molar-refractivity contribution < 1.29 is 0 Å². The molecule has 7 aromatic rings. The molecule has 0 aliphatic heterocycles. The Balaban J connectivity index is 1.56. The smallest absolute Gasteiger partial charge is 0.274 e. The fourth-order valence-corrected chi connectivity index (χ4v) is 6.21. The molecule has 0 N–H and O–H groups in total. The predicted octanol–water partition coefficient (Wildman–Crippen LogP) is 7.34. The molecule has 182 valence electrons. The second-order valence-corrected chi connectivity index (χ2v) is 10.9. The van der Waals surface area contributed by atoms with Crippen molar-refractivity contribution in [3.8, 4) is 28.2 Å². The number of para-hydroxylation sites is 2. The monoisotopic (exact) mass is 573 g/mol. The molecule has 3 heterocycles. The predicted molar refractivity (Wildman–Crippen MR) is 160 cm³/mol. The van der Waals surface area contributed by atoms with Gasteiger partial charge in [0.05, 0.1) is 27.0 Å². The van der Waals surface area contributed by atoms with Crippen LogP contribution in [0.15, 0.2) is 125 Å². The van der Waals surface area contributed by atoms with Crippen LogP contribution in [0.5, 0.6) is 0 Å². The second kappa shape index (κ2) is 9.24. The maximum Gasteiger partial charge on any atom is 0.274 e. The van der Waals surface area contributed by atoms with Gasteiger partial charge in [-0.25, -0.2) is 9.38 Å². The van der Waals surface area contributed by atoms with E-state index in [1.165, 1.54) is 11.3 Å². The van der Waals surface area contributed by atoms with Gasteiger partial charge >= 0.3 is 0 Å².